The molecule has 0 amide bonds. The lowest BCUT2D eigenvalue weighted by atomic mass is 10.0. The lowest BCUT2D eigenvalue weighted by Gasteiger charge is -2.03. The third-order valence-electron chi connectivity index (χ3n) is 1.68. The van der Waals surface area contributed by atoms with Crippen LogP contribution in [0.1, 0.15) is 24.2 Å². The van der Waals surface area contributed by atoms with Crippen molar-refractivity contribution < 1.29 is 4.79 Å². The Hall–Kier alpha value is -0.760. The van der Waals surface area contributed by atoms with Crippen molar-refractivity contribution in [3.63, 3.8) is 0 Å². The van der Waals surface area contributed by atoms with Gasteiger partial charge in [-0.15, -0.1) is 12.6 Å². The van der Waals surface area contributed by atoms with E-state index in [-0.39, 0.29) is 11.7 Å². The van der Waals surface area contributed by atoms with Gasteiger partial charge >= 0.3 is 0 Å². The zero-order valence-electron chi connectivity index (χ0n) is 7.24. The summed E-state index contributed by atoms with van der Waals surface area (Å²) >= 11 is 4.14. The van der Waals surface area contributed by atoms with Crippen LogP contribution in [0.3, 0.4) is 0 Å². The second kappa shape index (κ2) is 3.76. The SMILES string of the molecule is CC(C)C(=O)c1ccc(S)cc1. The zero-order valence-corrected chi connectivity index (χ0v) is 8.14. The van der Waals surface area contributed by atoms with Crippen LogP contribution in [-0.4, -0.2) is 5.78 Å². The summed E-state index contributed by atoms with van der Waals surface area (Å²) in [6, 6.07) is 7.28. The second-order valence-electron chi connectivity index (χ2n) is 3.07. The van der Waals surface area contributed by atoms with E-state index < -0.39 is 0 Å². The van der Waals surface area contributed by atoms with Gasteiger partial charge in [0.1, 0.15) is 0 Å². The summed E-state index contributed by atoms with van der Waals surface area (Å²) < 4.78 is 0. The van der Waals surface area contributed by atoms with Crippen molar-refractivity contribution in [1.82, 2.24) is 0 Å². The van der Waals surface area contributed by atoms with Crippen LogP contribution < -0.4 is 0 Å². The highest BCUT2D eigenvalue weighted by molar-refractivity contribution is 7.80. The molecule has 0 aliphatic rings. The molecule has 0 unspecified atom stereocenters. The summed E-state index contributed by atoms with van der Waals surface area (Å²) in [7, 11) is 0. The van der Waals surface area contributed by atoms with Crippen LogP contribution >= 0.6 is 12.6 Å². The molecule has 0 radical (unpaired) electrons. The van der Waals surface area contributed by atoms with E-state index in [9.17, 15) is 4.79 Å². The maximum absolute atomic E-state index is 11.4. The number of ketones is 1. The fraction of sp³-hybridized carbons (Fsp3) is 0.300. The molecule has 64 valence electrons. The first-order chi connectivity index (χ1) is 5.61. The van der Waals surface area contributed by atoms with E-state index in [1.54, 1.807) is 0 Å². The number of Topliss-reactive ketones (excluding diaryl/α,β-unsaturated/α-hetero) is 1. The molecule has 0 saturated heterocycles. The van der Waals surface area contributed by atoms with Crippen LogP contribution in [0.25, 0.3) is 0 Å². The molecular formula is C10H12OS. The van der Waals surface area contributed by atoms with Crippen molar-refractivity contribution in [2.24, 2.45) is 5.92 Å². The number of hydrogen-bond donors (Lipinski definition) is 1. The van der Waals surface area contributed by atoms with E-state index >= 15 is 0 Å². The Morgan fingerprint density at radius 3 is 2.17 bits per heavy atom. The highest BCUT2D eigenvalue weighted by Gasteiger charge is 2.08. The Morgan fingerprint density at radius 2 is 1.75 bits per heavy atom. The van der Waals surface area contributed by atoms with Gasteiger partial charge in [-0.05, 0) is 12.1 Å². The molecular weight excluding hydrogens is 168 g/mol. The third-order valence-corrected chi connectivity index (χ3v) is 1.97. The number of hydrogen-bond acceptors (Lipinski definition) is 2. The topological polar surface area (TPSA) is 17.1 Å². The summed E-state index contributed by atoms with van der Waals surface area (Å²) in [5.74, 6) is 0.249. The Morgan fingerprint density at radius 1 is 1.25 bits per heavy atom. The number of carbonyl (C=O) groups excluding carboxylic acids is 1. The predicted octanol–water partition coefficient (Wildman–Crippen LogP) is 2.81. The van der Waals surface area contributed by atoms with Crippen molar-refractivity contribution in [3.8, 4) is 0 Å². The minimum atomic E-state index is 0.0655. The van der Waals surface area contributed by atoms with Gasteiger partial charge in [0.05, 0.1) is 0 Å². The van der Waals surface area contributed by atoms with Crippen molar-refractivity contribution >= 4 is 18.4 Å². The summed E-state index contributed by atoms with van der Waals surface area (Å²) in [4.78, 5) is 12.3. The van der Waals surface area contributed by atoms with Gasteiger partial charge in [-0.1, -0.05) is 26.0 Å². The standard InChI is InChI=1S/C10H12OS/c1-7(2)10(11)8-3-5-9(12)6-4-8/h3-7,12H,1-2H3. The quantitative estimate of drug-likeness (QED) is 0.547. The molecule has 0 N–H and O–H groups in total. The first-order valence-corrected chi connectivity index (χ1v) is 4.39. The van der Waals surface area contributed by atoms with Crippen LogP contribution in [0.4, 0.5) is 0 Å². The number of thiol groups is 1. The lowest BCUT2D eigenvalue weighted by Crippen LogP contribution is -2.06. The van der Waals surface area contributed by atoms with Crippen LogP contribution in [0.5, 0.6) is 0 Å². The molecule has 0 heterocycles. The number of benzene rings is 1. The van der Waals surface area contributed by atoms with E-state index in [1.807, 2.05) is 38.1 Å². The Labute approximate surface area is 78.2 Å². The summed E-state index contributed by atoms with van der Waals surface area (Å²) in [6.07, 6.45) is 0. The Balaban J connectivity index is 2.90. The van der Waals surface area contributed by atoms with Crippen molar-refractivity contribution in [2.45, 2.75) is 18.7 Å². The summed E-state index contributed by atoms with van der Waals surface area (Å²) in [5, 5.41) is 0. The molecule has 0 atom stereocenters. The van der Waals surface area contributed by atoms with Gasteiger partial charge in [0.15, 0.2) is 5.78 Å². The molecule has 1 aromatic rings. The molecule has 0 aromatic heterocycles. The lowest BCUT2D eigenvalue weighted by molar-refractivity contribution is 0.0939. The van der Waals surface area contributed by atoms with Crippen molar-refractivity contribution in [2.75, 3.05) is 0 Å². The zero-order chi connectivity index (χ0) is 9.14. The van der Waals surface area contributed by atoms with E-state index in [0.29, 0.717) is 0 Å². The van der Waals surface area contributed by atoms with Gasteiger partial charge in [-0.25, -0.2) is 0 Å². The molecule has 1 nitrogen and oxygen atoms in total. The number of carbonyl (C=O) groups is 1. The first kappa shape index (κ1) is 9.33. The van der Waals surface area contributed by atoms with Crippen LogP contribution in [-0.2, 0) is 0 Å². The molecule has 0 spiro atoms. The van der Waals surface area contributed by atoms with E-state index in [0.717, 1.165) is 10.5 Å². The molecule has 0 bridgehead atoms. The maximum Gasteiger partial charge on any atom is 0.165 e. The molecule has 0 aliphatic heterocycles. The summed E-state index contributed by atoms with van der Waals surface area (Å²) in [6.45, 7) is 3.80. The largest absolute Gasteiger partial charge is 0.294 e. The second-order valence-corrected chi connectivity index (χ2v) is 3.58. The Bertz CT molecular complexity index is 274. The van der Waals surface area contributed by atoms with Crippen molar-refractivity contribution in [1.29, 1.82) is 0 Å². The number of rotatable bonds is 2. The Kier molecular flexibility index (Phi) is 2.93. The van der Waals surface area contributed by atoms with E-state index in [4.69, 9.17) is 0 Å². The summed E-state index contributed by atoms with van der Waals surface area (Å²) in [5.41, 5.74) is 0.766. The fourth-order valence-corrected chi connectivity index (χ4v) is 1.11. The first-order valence-electron chi connectivity index (χ1n) is 3.94. The molecule has 12 heavy (non-hydrogen) atoms. The average Bonchev–Trinajstić information content (AvgIpc) is 2.04. The van der Waals surface area contributed by atoms with Gasteiger partial charge in [0.2, 0.25) is 0 Å². The monoisotopic (exact) mass is 180 g/mol. The normalized spacial score (nSPS) is 10.3. The van der Waals surface area contributed by atoms with E-state index in [1.165, 1.54) is 0 Å². The van der Waals surface area contributed by atoms with E-state index in [2.05, 4.69) is 12.6 Å². The third kappa shape index (κ3) is 2.11. The van der Waals surface area contributed by atoms with Crippen LogP contribution in [0.2, 0.25) is 0 Å². The van der Waals surface area contributed by atoms with Gasteiger partial charge < -0.3 is 0 Å². The van der Waals surface area contributed by atoms with Crippen molar-refractivity contribution in [3.05, 3.63) is 29.8 Å². The average molecular weight is 180 g/mol. The highest BCUT2D eigenvalue weighted by Crippen LogP contribution is 2.11. The minimum absolute atomic E-state index is 0.0655. The van der Waals surface area contributed by atoms with Gasteiger partial charge in [-0.3, -0.25) is 4.79 Å². The fourth-order valence-electron chi connectivity index (χ4n) is 0.959. The van der Waals surface area contributed by atoms with Gasteiger partial charge in [-0.2, -0.15) is 0 Å². The minimum Gasteiger partial charge on any atom is -0.294 e. The van der Waals surface area contributed by atoms with Gasteiger partial charge in [0, 0.05) is 16.4 Å². The van der Waals surface area contributed by atoms with Crippen LogP contribution in [0, 0.1) is 5.92 Å². The molecule has 2 heteroatoms. The molecule has 1 rings (SSSR count). The maximum atomic E-state index is 11.4. The molecule has 0 aliphatic carbocycles. The van der Waals surface area contributed by atoms with Gasteiger partial charge in [0.25, 0.3) is 0 Å². The predicted molar refractivity (Wildman–Crippen MR) is 52.9 cm³/mol. The molecule has 0 fully saturated rings. The molecule has 1 aromatic carbocycles. The molecule has 0 saturated carbocycles. The smallest absolute Gasteiger partial charge is 0.165 e. The highest BCUT2D eigenvalue weighted by atomic mass is 32.1. The van der Waals surface area contributed by atoms with Crippen LogP contribution in [0.15, 0.2) is 29.2 Å².